The molecule has 0 unspecified atom stereocenters. The third-order valence-electron chi connectivity index (χ3n) is 4.82. The molecule has 0 spiro atoms. The van der Waals surface area contributed by atoms with Crippen molar-refractivity contribution in [3.8, 4) is 0 Å². The number of rotatable bonds is 4. The molecular weight excluding hydrogens is 272 g/mol. The van der Waals surface area contributed by atoms with Crippen LogP contribution in [0, 0.1) is 13.8 Å². The Balaban J connectivity index is 1.65. The van der Waals surface area contributed by atoms with Gasteiger partial charge in [0.05, 0.1) is 0 Å². The molecule has 0 bridgehead atoms. The van der Waals surface area contributed by atoms with Gasteiger partial charge in [0.15, 0.2) is 6.29 Å². The Morgan fingerprint density at radius 3 is 2.41 bits per heavy atom. The quantitative estimate of drug-likeness (QED) is 0.803. The van der Waals surface area contributed by atoms with Crippen LogP contribution in [0.25, 0.3) is 0 Å². The van der Waals surface area contributed by atoms with Crippen molar-refractivity contribution in [1.82, 2.24) is 9.47 Å². The zero-order valence-corrected chi connectivity index (χ0v) is 13.5. The first kappa shape index (κ1) is 15.0. The van der Waals surface area contributed by atoms with Gasteiger partial charge in [0.25, 0.3) is 0 Å². The van der Waals surface area contributed by atoms with E-state index in [4.69, 9.17) is 0 Å². The van der Waals surface area contributed by atoms with Crippen molar-refractivity contribution in [2.24, 2.45) is 0 Å². The molecular formula is C19H24N2O. The zero-order valence-electron chi connectivity index (χ0n) is 13.5. The average Bonchev–Trinajstić information content (AvgIpc) is 2.83. The van der Waals surface area contributed by atoms with Gasteiger partial charge in [0.1, 0.15) is 0 Å². The number of aldehydes is 1. The van der Waals surface area contributed by atoms with Crippen LogP contribution in [-0.4, -0.2) is 28.8 Å². The lowest BCUT2D eigenvalue weighted by molar-refractivity contribution is 0.112. The zero-order chi connectivity index (χ0) is 15.5. The molecule has 0 saturated carbocycles. The number of carbonyl (C=O) groups excluding carboxylic acids is 1. The number of benzene rings is 1. The molecule has 0 atom stereocenters. The number of nitrogens with zero attached hydrogens (tertiary/aromatic N) is 2. The maximum Gasteiger partial charge on any atom is 0.151 e. The summed E-state index contributed by atoms with van der Waals surface area (Å²) >= 11 is 0. The van der Waals surface area contributed by atoms with Gasteiger partial charge in [-0.3, -0.25) is 9.69 Å². The van der Waals surface area contributed by atoms with Gasteiger partial charge >= 0.3 is 0 Å². The van der Waals surface area contributed by atoms with E-state index >= 15 is 0 Å². The van der Waals surface area contributed by atoms with E-state index in [1.54, 1.807) is 0 Å². The highest BCUT2D eigenvalue weighted by atomic mass is 16.1. The number of hydrogen-bond acceptors (Lipinski definition) is 2. The van der Waals surface area contributed by atoms with E-state index in [2.05, 4.69) is 53.6 Å². The fourth-order valence-electron chi connectivity index (χ4n) is 3.66. The van der Waals surface area contributed by atoms with Gasteiger partial charge in [0, 0.05) is 42.6 Å². The highest BCUT2D eigenvalue weighted by molar-refractivity contribution is 5.77. The summed E-state index contributed by atoms with van der Waals surface area (Å²) < 4.78 is 2.36. The lowest BCUT2D eigenvalue weighted by Crippen LogP contribution is -2.34. The SMILES string of the molecule is Cc1cc(C=O)c(C)n1C1CCN(Cc2ccccc2)CC1. The predicted molar refractivity (Wildman–Crippen MR) is 89.3 cm³/mol. The first-order chi connectivity index (χ1) is 10.7. The van der Waals surface area contributed by atoms with Crippen molar-refractivity contribution < 1.29 is 4.79 Å². The van der Waals surface area contributed by atoms with Gasteiger partial charge in [-0.1, -0.05) is 30.3 Å². The normalized spacial score (nSPS) is 16.8. The molecule has 2 aromatic rings. The molecule has 3 rings (SSSR count). The Morgan fingerprint density at radius 1 is 1.14 bits per heavy atom. The summed E-state index contributed by atoms with van der Waals surface area (Å²) in [5.74, 6) is 0. The van der Waals surface area contributed by atoms with Gasteiger partial charge in [-0.05, 0) is 38.3 Å². The minimum Gasteiger partial charge on any atom is -0.345 e. The second-order valence-corrected chi connectivity index (χ2v) is 6.31. The maximum absolute atomic E-state index is 11.1. The van der Waals surface area contributed by atoms with E-state index in [0.29, 0.717) is 6.04 Å². The van der Waals surface area contributed by atoms with Crippen LogP contribution in [0.4, 0.5) is 0 Å². The Bertz CT molecular complexity index is 637. The molecule has 0 aliphatic carbocycles. The standard InChI is InChI=1S/C19H24N2O/c1-15-12-18(14-22)16(2)21(15)19-8-10-20(11-9-19)13-17-6-4-3-5-7-17/h3-7,12,14,19H,8-11,13H2,1-2H3. The lowest BCUT2D eigenvalue weighted by Gasteiger charge is -2.34. The summed E-state index contributed by atoms with van der Waals surface area (Å²) in [5, 5.41) is 0. The van der Waals surface area contributed by atoms with E-state index in [1.165, 1.54) is 11.3 Å². The third-order valence-corrected chi connectivity index (χ3v) is 4.82. The molecule has 116 valence electrons. The Morgan fingerprint density at radius 2 is 1.82 bits per heavy atom. The molecule has 1 aliphatic rings. The lowest BCUT2D eigenvalue weighted by atomic mass is 10.0. The maximum atomic E-state index is 11.1. The predicted octanol–water partition coefficient (Wildman–Crippen LogP) is 3.75. The first-order valence-electron chi connectivity index (χ1n) is 8.09. The Kier molecular flexibility index (Phi) is 4.44. The minimum absolute atomic E-state index is 0.528. The van der Waals surface area contributed by atoms with Crippen LogP contribution in [-0.2, 0) is 6.54 Å². The smallest absolute Gasteiger partial charge is 0.151 e. The summed E-state index contributed by atoms with van der Waals surface area (Å²) in [6.07, 6.45) is 3.28. The van der Waals surface area contributed by atoms with Crippen molar-refractivity contribution in [2.75, 3.05) is 13.1 Å². The molecule has 1 aliphatic heterocycles. The van der Waals surface area contributed by atoms with Crippen molar-refractivity contribution in [1.29, 1.82) is 0 Å². The van der Waals surface area contributed by atoms with Gasteiger partial charge < -0.3 is 4.57 Å². The third kappa shape index (κ3) is 3.00. The van der Waals surface area contributed by atoms with E-state index in [-0.39, 0.29) is 0 Å². The topological polar surface area (TPSA) is 25.2 Å². The minimum atomic E-state index is 0.528. The number of aryl methyl sites for hydroxylation is 1. The monoisotopic (exact) mass is 296 g/mol. The Hall–Kier alpha value is -1.87. The van der Waals surface area contributed by atoms with E-state index in [1.807, 2.05) is 6.07 Å². The molecule has 0 radical (unpaired) electrons. The van der Waals surface area contributed by atoms with Crippen molar-refractivity contribution in [2.45, 2.75) is 39.3 Å². The molecule has 0 N–H and O–H groups in total. The van der Waals surface area contributed by atoms with Crippen LogP contribution >= 0.6 is 0 Å². The molecule has 22 heavy (non-hydrogen) atoms. The molecule has 1 fully saturated rings. The summed E-state index contributed by atoms with van der Waals surface area (Å²) in [6.45, 7) is 7.44. The highest BCUT2D eigenvalue weighted by Crippen LogP contribution is 2.28. The molecule has 3 nitrogen and oxygen atoms in total. The summed E-state index contributed by atoms with van der Waals surface area (Å²) in [7, 11) is 0. The molecule has 2 heterocycles. The van der Waals surface area contributed by atoms with Crippen LogP contribution in [0.1, 0.15) is 46.2 Å². The van der Waals surface area contributed by atoms with Crippen LogP contribution in [0.3, 0.4) is 0 Å². The first-order valence-corrected chi connectivity index (χ1v) is 8.09. The molecule has 1 saturated heterocycles. The van der Waals surface area contributed by atoms with Gasteiger partial charge in [-0.15, -0.1) is 0 Å². The van der Waals surface area contributed by atoms with E-state index < -0.39 is 0 Å². The summed E-state index contributed by atoms with van der Waals surface area (Å²) in [5.41, 5.74) is 4.55. The van der Waals surface area contributed by atoms with Crippen molar-refractivity contribution in [3.63, 3.8) is 0 Å². The molecule has 3 heteroatoms. The average molecular weight is 296 g/mol. The number of likely N-dealkylation sites (tertiary alicyclic amines) is 1. The number of hydrogen-bond donors (Lipinski definition) is 0. The second-order valence-electron chi connectivity index (χ2n) is 6.31. The van der Waals surface area contributed by atoms with Gasteiger partial charge in [-0.2, -0.15) is 0 Å². The fourth-order valence-corrected chi connectivity index (χ4v) is 3.66. The summed E-state index contributed by atoms with van der Waals surface area (Å²) in [6, 6.07) is 13.2. The summed E-state index contributed by atoms with van der Waals surface area (Å²) in [4.78, 5) is 13.6. The van der Waals surface area contributed by atoms with Crippen molar-refractivity contribution in [3.05, 3.63) is 58.9 Å². The van der Waals surface area contributed by atoms with Crippen LogP contribution in [0.5, 0.6) is 0 Å². The second kappa shape index (κ2) is 6.49. The number of aromatic nitrogens is 1. The Labute approximate surface area is 132 Å². The van der Waals surface area contributed by atoms with Gasteiger partial charge in [0.2, 0.25) is 0 Å². The molecule has 0 amide bonds. The van der Waals surface area contributed by atoms with E-state index in [9.17, 15) is 4.79 Å². The molecule has 1 aromatic carbocycles. The van der Waals surface area contributed by atoms with Crippen LogP contribution in [0.15, 0.2) is 36.4 Å². The van der Waals surface area contributed by atoms with E-state index in [0.717, 1.165) is 50.0 Å². The van der Waals surface area contributed by atoms with Gasteiger partial charge in [-0.25, -0.2) is 0 Å². The highest BCUT2D eigenvalue weighted by Gasteiger charge is 2.23. The van der Waals surface area contributed by atoms with Crippen molar-refractivity contribution >= 4 is 6.29 Å². The van der Waals surface area contributed by atoms with Crippen LogP contribution < -0.4 is 0 Å². The largest absolute Gasteiger partial charge is 0.345 e. The molecule has 1 aromatic heterocycles. The van der Waals surface area contributed by atoms with Crippen LogP contribution in [0.2, 0.25) is 0 Å². The fraction of sp³-hybridized carbons (Fsp3) is 0.421. The number of piperidine rings is 1. The number of carbonyl (C=O) groups is 1.